The molecule has 0 radical (unpaired) electrons. The average Bonchev–Trinajstić information content (AvgIpc) is 3.46. The maximum Gasteiger partial charge on any atom is 0.415 e. The summed E-state index contributed by atoms with van der Waals surface area (Å²) in [4.78, 5) is 41.4. The highest BCUT2D eigenvalue weighted by atomic mass is 16.7. The monoisotopic (exact) mass is 588 g/mol. The number of aromatic nitrogens is 3. The van der Waals surface area contributed by atoms with Crippen LogP contribution in [0.5, 0.6) is 0 Å². The van der Waals surface area contributed by atoms with Gasteiger partial charge >= 0.3 is 18.0 Å². The highest BCUT2D eigenvalue weighted by molar-refractivity contribution is 5.88. The molecule has 15 heteroatoms. The van der Waals surface area contributed by atoms with Gasteiger partial charge in [-0.15, -0.1) is 0 Å². The number of aliphatic hydroxyl groups is 1. The van der Waals surface area contributed by atoms with Crippen molar-refractivity contribution in [2.24, 2.45) is 17.1 Å². The molecule has 0 aromatic carbocycles. The number of nitrogens with two attached hydrogens (primary N) is 1. The van der Waals surface area contributed by atoms with Gasteiger partial charge in [-0.2, -0.15) is 10.4 Å². The molecule has 42 heavy (non-hydrogen) atoms. The van der Waals surface area contributed by atoms with Crippen molar-refractivity contribution >= 4 is 29.4 Å². The van der Waals surface area contributed by atoms with E-state index in [9.17, 15) is 24.8 Å². The van der Waals surface area contributed by atoms with Gasteiger partial charge in [-0.25, -0.2) is 14.3 Å². The van der Waals surface area contributed by atoms with Crippen LogP contribution in [0.3, 0.4) is 0 Å². The maximum atomic E-state index is 12.9. The van der Waals surface area contributed by atoms with Crippen molar-refractivity contribution in [3.05, 3.63) is 36.5 Å². The predicted molar refractivity (Wildman–Crippen MR) is 145 cm³/mol. The summed E-state index contributed by atoms with van der Waals surface area (Å²) in [6.07, 6.45) is -4.24. The van der Waals surface area contributed by atoms with Gasteiger partial charge in [0.25, 0.3) is 0 Å². The Morgan fingerprint density at radius 2 is 1.95 bits per heavy atom. The molecule has 0 unspecified atom stereocenters. The van der Waals surface area contributed by atoms with E-state index >= 15 is 0 Å². The maximum absolute atomic E-state index is 12.9. The first kappa shape index (κ1) is 32.3. The summed E-state index contributed by atoms with van der Waals surface area (Å²) in [7, 11) is 0. The van der Waals surface area contributed by atoms with E-state index in [2.05, 4.69) is 22.0 Å². The SMILES string of the molecule is C=C(C)OCOC(=O)Nc1ncnn2c([C@]3(C#N)O[C@H](COC(=O)C(C)C)[C@@H](OC(=O)[C@@H](N)C(C)(C)C)[C@H]3O)ccc12. The highest BCUT2D eigenvalue weighted by Crippen LogP contribution is 2.42. The van der Waals surface area contributed by atoms with Crippen molar-refractivity contribution in [3.8, 4) is 6.07 Å². The molecule has 0 aliphatic carbocycles. The van der Waals surface area contributed by atoms with Crippen LogP contribution < -0.4 is 11.1 Å². The van der Waals surface area contributed by atoms with Crippen LogP contribution in [0.15, 0.2) is 30.8 Å². The van der Waals surface area contributed by atoms with Gasteiger partial charge < -0.3 is 34.5 Å². The van der Waals surface area contributed by atoms with Crippen LogP contribution in [0.2, 0.25) is 0 Å². The number of amides is 1. The van der Waals surface area contributed by atoms with Gasteiger partial charge in [0.1, 0.15) is 42.8 Å². The molecule has 228 valence electrons. The molecule has 5 atom stereocenters. The lowest BCUT2D eigenvalue weighted by molar-refractivity contribution is -0.164. The summed E-state index contributed by atoms with van der Waals surface area (Å²) >= 11 is 0. The number of fused-ring (bicyclic) bond motifs is 1. The Morgan fingerprint density at radius 3 is 2.55 bits per heavy atom. The van der Waals surface area contributed by atoms with E-state index in [0.29, 0.717) is 5.76 Å². The standard InChI is InChI=1S/C27H36N6O9/c1-14(2)23(35)38-10-17-19(41-24(36)20(29)26(5,6)7)21(34)27(11-28,42-17)18-9-8-16-22(30-12-31-33(16)18)32-25(37)40-13-39-15(3)4/h8-9,12,14,17,19-21,34H,3,10,13,29H2,1-2,4-7H3,(H,30,31,32,37)/t17-,19-,20-,21-,27+/m1/s1. The lowest BCUT2D eigenvalue weighted by atomic mass is 9.87. The number of aliphatic hydroxyl groups excluding tert-OH is 1. The summed E-state index contributed by atoms with van der Waals surface area (Å²) in [5.74, 6) is -1.51. The summed E-state index contributed by atoms with van der Waals surface area (Å²) in [5, 5.41) is 28.5. The number of nitriles is 1. The largest absolute Gasteiger partial charge is 0.463 e. The number of allylic oxidation sites excluding steroid dienone is 1. The summed E-state index contributed by atoms with van der Waals surface area (Å²) in [6.45, 7) is 12.8. The van der Waals surface area contributed by atoms with Crippen molar-refractivity contribution in [2.45, 2.75) is 71.5 Å². The molecular formula is C27H36N6O9. The van der Waals surface area contributed by atoms with Crippen LogP contribution in [0, 0.1) is 22.7 Å². The first-order valence-electron chi connectivity index (χ1n) is 13.1. The second-order valence-electron chi connectivity index (χ2n) is 11.1. The molecule has 2 aromatic heterocycles. The molecule has 4 N–H and O–H groups in total. The average molecular weight is 589 g/mol. The van der Waals surface area contributed by atoms with Crippen LogP contribution >= 0.6 is 0 Å². The predicted octanol–water partition coefficient (Wildman–Crippen LogP) is 1.75. The normalized spacial score (nSPS) is 22.7. The molecular weight excluding hydrogens is 552 g/mol. The number of nitrogens with zero attached hydrogens (tertiary/aromatic N) is 4. The number of anilines is 1. The van der Waals surface area contributed by atoms with E-state index in [0.717, 1.165) is 6.33 Å². The van der Waals surface area contributed by atoms with E-state index in [1.54, 1.807) is 41.5 Å². The quantitative estimate of drug-likeness (QED) is 0.156. The smallest absolute Gasteiger partial charge is 0.415 e. The van der Waals surface area contributed by atoms with Gasteiger partial charge in [0, 0.05) is 0 Å². The molecule has 2 aromatic rings. The van der Waals surface area contributed by atoms with Gasteiger partial charge in [-0.05, 0) is 24.5 Å². The molecule has 15 nitrogen and oxygen atoms in total. The van der Waals surface area contributed by atoms with Gasteiger partial charge in [0.15, 0.2) is 11.9 Å². The Morgan fingerprint density at radius 1 is 1.26 bits per heavy atom. The number of esters is 2. The fraction of sp³-hybridized carbons (Fsp3) is 0.556. The summed E-state index contributed by atoms with van der Waals surface area (Å²) in [5.41, 5.74) is 3.48. The molecule has 0 spiro atoms. The first-order chi connectivity index (χ1) is 19.6. The third-order valence-corrected chi connectivity index (χ3v) is 6.45. The van der Waals surface area contributed by atoms with Crippen LogP contribution in [-0.2, 0) is 38.9 Å². The molecule has 1 aliphatic rings. The first-order valence-corrected chi connectivity index (χ1v) is 13.1. The van der Waals surface area contributed by atoms with Crippen LogP contribution in [0.25, 0.3) is 5.52 Å². The number of ether oxygens (including phenoxy) is 5. The minimum Gasteiger partial charge on any atom is -0.463 e. The Hall–Kier alpha value is -4.26. The molecule has 1 saturated heterocycles. The fourth-order valence-corrected chi connectivity index (χ4v) is 3.96. The Kier molecular flexibility index (Phi) is 9.77. The molecule has 1 aliphatic heterocycles. The molecule has 3 heterocycles. The van der Waals surface area contributed by atoms with E-state index in [1.807, 2.05) is 6.07 Å². The van der Waals surface area contributed by atoms with Crippen molar-refractivity contribution < 1.29 is 43.2 Å². The number of rotatable bonds is 10. The Labute approximate surface area is 242 Å². The minimum absolute atomic E-state index is 0.0127. The second-order valence-corrected chi connectivity index (χ2v) is 11.1. The van der Waals surface area contributed by atoms with Crippen molar-refractivity contribution in [2.75, 3.05) is 18.7 Å². The molecule has 0 saturated carbocycles. The zero-order valence-electron chi connectivity index (χ0n) is 24.3. The minimum atomic E-state index is -2.15. The summed E-state index contributed by atoms with van der Waals surface area (Å²) < 4.78 is 28.1. The number of hydrogen-bond donors (Lipinski definition) is 3. The number of carbonyl (C=O) groups excluding carboxylic acids is 3. The van der Waals surface area contributed by atoms with Crippen LogP contribution in [-0.4, -0.2) is 75.5 Å². The lowest BCUT2D eigenvalue weighted by Gasteiger charge is -2.29. The molecule has 1 amide bonds. The fourth-order valence-electron chi connectivity index (χ4n) is 3.96. The van der Waals surface area contributed by atoms with Gasteiger partial charge in [0.2, 0.25) is 12.4 Å². The van der Waals surface area contributed by atoms with E-state index in [-0.39, 0.29) is 23.8 Å². The number of nitrogens with one attached hydrogen (secondary N) is 1. The molecule has 0 bridgehead atoms. The zero-order valence-corrected chi connectivity index (χ0v) is 24.3. The number of carbonyl (C=O) groups is 3. The molecule has 3 rings (SSSR count). The van der Waals surface area contributed by atoms with Gasteiger partial charge in [0.05, 0.1) is 17.4 Å². The topological polar surface area (TPSA) is 210 Å². The Bertz CT molecular complexity index is 1380. The van der Waals surface area contributed by atoms with Crippen molar-refractivity contribution in [1.29, 1.82) is 5.26 Å². The van der Waals surface area contributed by atoms with Crippen LogP contribution in [0.1, 0.15) is 47.2 Å². The van der Waals surface area contributed by atoms with Crippen molar-refractivity contribution in [1.82, 2.24) is 14.6 Å². The van der Waals surface area contributed by atoms with Gasteiger partial charge in [-0.3, -0.25) is 14.9 Å². The van der Waals surface area contributed by atoms with Gasteiger partial charge in [-0.1, -0.05) is 41.2 Å². The van der Waals surface area contributed by atoms with E-state index in [1.165, 1.54) is 16.6 Å². The molecule has 1 fully saturated rings. The lowest BCUT2D eigenvalue weighted by Crippen LogP contribution is -2.49. The highest BCUT2D eigenvalue weighted by Gasteiger charge is 2.60. The zero-order chi connectivity index (χ0) is 31.4. The Balaban J connectivity index is 1.97. The third-order valence-electron chi connectivity index (χ3n) is 6.45. The van der Waals surface area contributed by atoms with Crippen LogP contribution in [0.4, 0.5) is 10.6 Å². The van der Waals surface area contributed by atoms with E-state index < -0.39 is 65.9 Å². The second kappa shape index (κ2) is 12.7. The summed E-state index contributed by atoms with van der Waals surface area (Å²) in [6, 6.07) is 3.81. The third kappa shape index (κ3) is 6.78. The van der Waals surface area contributed by atoms with E-state index in [4.69, 9.17) is 29.4 Å². The number of hydrogen-bond acceptors (Lipinski definition) is 13. The van der Waals surface area contributed by atoms with Crippen molar-refractivity contribution in [3.63, 3.8) is 0 Å².